The Kier molecular flexibility index (Phi) is 5.43. The first kappa shape index (κ1) is 19.3. The molecule has 0 unspecified atom stereocenters. The van der Waals surface area contributed by atoms with Crippen molar-refractivity contribution in [1.29, 1.82) is 0 Å². The number of hydrogen-bond acceptors (Lipinski definition) is 4. The minimum Gasteiger partial charge on any atom is -0.320 e. The molecule has 0 aliphatic heterocycles. The van der Waals surface area contributed by atoms with E-state index in [0.717, 1.165) is 11.1 Å². The molecule has 0 saturated carbocycles. The fraction of sp³-hybridized carbons (Fsp3) is 0.130. The maximum absolute atomic E-state index is 13.8. The number of hydrogen-bond donors (Lipinski definition) is 0. The van der Waals surface area contributed by atoms with Gasteiger partial charge < -0.3 is 4.52 Å². The Morgan fingerprint density at radius 1 is 0.828 bits per heavy atom. The summed E-state index contributed by atoms with van der Waals surface area (Å²) in [5, 5.41) is 7.11. The van der Waals surface area contributed by atoms with E-state index in [1.807, 2.05) is 61.5 Å². The van der Waals surface area contributed by atoms with Gasteiger partial charge >= 0.3 is 0 Å². The predicted octanol–water partition coefficient (Wildman–Crippen LogP) is 3.65. The molecule has 146 valence electrons. The Bertz CT molecular complexity index is 1190. The lowest BCUT2D eigenvalue weighted by Gasteiger charge is -2.19. The monoisotopic (exact) mass is 404 g/mol. The van der Waals surface area contributed by atoms with Gasteiger partial charge in [0.15, 0.2) is 0 Å². The summed E-state index contributed by atoms with van der Waals surface area (Å²) in [5.41, 5.74) is 0.596. The molecule has 0 N–H and O–H groups in total. The first-order valence-electron chi connectivity index (χ1n) is 9.42. The molecule has 0 bridgehead atoms. The van der Waals surface area contributed by atoms with Crippen LogP contribution in [0.2, 0.25) is 0 Å². The van der Waals surface area contributed by atoms with Crippen molar-refractivity contribution < 1.29 is 9.09 Å². The molecule has 0 spiro atoms. The van der Waals surface area contributed by atoms with E-state index in [1.165, 1.54) is 4.68 Å². The van der Waals surface area contributed by atoms with Gasteiger partial charge in [-0.2, -0.15) is 5.10 Å². The van der Waals surface area contributed by atoms with Crippen LogP contribution in [0.15, 0.2) is 89.7 Å². The van der Waals surface area contributed by atoms with Gasteiger partial charge in [-0.15, -0.1) is 0 Å². The zero-order chi connectivity index (χ0) is 20.3. The van der Waals surface area contributed by atoms with Crippen molar-refractivity contribution in [2.75, 3.05) is 6.61 Å². The predicted molar refractivity (Wildman–Crippen MR) is 116 cm³/mol. The van der Waals surface area contributed by atoms with Crippen molar-refractivity contribution in [3.63, 3.8) is 0 Å². The average molecular weight is 404 g/mol. The van der Waals surface area contributed by atoms with Crippen molar-refractivity contribution in [3.8, 4) is 0 Å². The van der Waals surface area contributed by atoms with Gasteiger partial charge in [-0.05, 0) is 37.3 Å². The molecule has 6 heteroatoms. The normalized spacial score (nSPS) is 11.6. The van der Waals surface area contributed by atoms with E-state index < -0.39 is 7.37 Å². The van der Waals surface area contributed by atoms with Crippen molar-refractivity contribution in [2.45, 2.75) is 13.5 Å². The van der Waals surface area contributed by atoms with E-state index in [0.29, 0.717) is 16.0 Å². The molecule has 0 saturated heterocycles. The van der Waals surface area contributed by atoms with Crippen LogP contribution in [0.3, 0.4) is 0 Å². The molecule has 3 aromatic carbocycles. The first-order valence-corrected chi connectivity index (χ1v) is 11.0. The van der Waals surface area contributed by atoms with E-state index in [4.69, 9.17) is 4.52 Å². The number of aromatic nitrogens is 2. The van der Waals surface area contributed by atoms with E-state index in [1.54, 1.807) is 30.3 Å². The third-order valence-electron chi connectivity index (χ3n) is 4.82. The Morgan fingerprint density at radius 3 is 1.93 bits per heavy atom. The van der Waals surface area contributed by atoms with Gasteiger partial charge in [0, 0.05) is 16.0 Å². The van der Waals surface area contributed by atoms with Crippen molar-refractivity contribution in [2.24, 2.45) is 0 Å². The molecule has 0 amide bonds. The molecule has 1 aromatic heterocycles. The molecule has 4 aromatic rings. The van der Waals surface area contributed by atoms with Crippen molar-refractivity contribution >= 4 is 28.8 Å². The Balaban J connectivity index is 1.63. The highest BCUT2D eigenvalue weighted by molar-refractivity contribution is 7.74. The molecule has 0 aliphatic carbocycles. The van der Waals surface area contributed by atoms with Gasteiger partial charge in [-0.3, -0.25) is 9.36 Å². The summed E-state index contributed by atoms with van der Waals surface area (Å²) in [6.45, 7) is 2.19. The Morgan fingerprint density at radius 2 is 1.34 bits per heavy atom. The molecular weight excluding hydrogens is 383 g/mol. The molecule has 0 fully saturated rings. The van der Waals surface area contributed by atoms with Crippen LogP contribution >= 0.6 is 7.37 Å². The molecule has 5 nitrogen and oxygen atoms in total. The van der Waals surface area contributed by atoms with Gasteiger partial charge in [-0.25, -0.2) is 4.68 Å². The fourth-order valence-electron chi connectivity index (χ4n) is 3.36. The summed E-state index contributed by atoms with van der Waals surface area (Å²) >= 11 is 0. The van der Waals surface area contributed by atoms with Gasteiger partial charge in [0.2, 0.25) is 0 Å². The van der Waals surface area contributed by atoms with Crippen LogP contribution in [-0.2, 0) is 15.6 Å². The number of benzene rings is 3. The highest BCUT2D eigenvalue weighted by atomic mass is 31.2. The fourth-order valence-corrected chi connectivity index (χ4v) is 5.42. The topological polar surface area (TPSA) is 61.2 Å². The summed E-state index contributed by atoms with van der Waals surface area (Å²) < 4.78 is 21.2. The molecule has 0 aliphatic rings. The van der Waals surface area contributed by atoms with Gasteiger partial charge in [0.05, 0.1) is 24.2 Å². The molecule has 0 radical (unpaired) electrons. The maximum atomic E-state index is 13.8. The zero-order valence-corrected chi connectivity index (χ0v) is 17.0. The zero-order valence-electron chi connectivity index (χ0n) is 16.1. The van der Waals surface area contributed by atoms with Crippen molar-refractivity contribution in [1.82, 2.24) is 9.78 Å². The van der Waals surface area contributed by atoms with Crippen LogP contribution in [0.1, 0.15) is 5.69 Å². The second-order valence-corrected chi connectivity index (χ2v) is 9.11. The third-order valence-corrected chi connectivity index (χ3v) is 7.32. The summed E-state index contributed by atoms with van der Waals surface area (Å²) in [6, 6.07) is 25.7. The Hall–Kier alpha value is -3.01. The van der Waals surface area contributed by atoms with Gasteiger partial charge in [-0.1, -0.05) is 54.6 Å². The SMILES string of the molecule is Cc1nn(CCOP(=O)(c2ccccc2)c2ccccc2)c(=O)c2ccccc12. The summed E-state index contributed by atoms with van der Waals surface area (Å²) in [5.74, 6) is 0. The van der Waals surface area contributed by atoms with Gasteiger partial charge in [0.1, 0.15) is 0 Å². The van der Waals surface area contributed by atoms with Crippen LogP contribution in [0.4, 0.5) is 0 Å². The van der Waals surface area contributed by atoms with E-state index in [9.17, 15) is 9.36 Å². The minimum absolute atomic E-state index is 0.103. The minimum atomic E-state index is -3.28. The lowest BCUT2D eigenvalue weighted by atomic mass is 10.1. The standard InChI is InChI=1S/C23H21N2O3P/c1-18-21-14-8-9-15-22(21)23(26)25(24-18)16-17-28-29(27,19-10-4-2-5-11-19)20-12-6-3-7-13-20/h2-15H,16-17H2,1H3. The number of nitrogens with zero attached hydrogens (tertiary/aromatic N) is 2. The average Bonchev–Trinajstić information content (AvgIpc) is 2.78. The highest BCUT2D eigenvalue weighted by Crippen LogP contribution is 2.44. The van der Waals surface area contributed by atoms with Crippen LogP contribution < -0.4 is 16.2 Å². The maximum Gasteiger partial charge on any atom is 0.274 e. The van der Waals surface area contributed by atoms with Crippen LogP contribution in [0.5, 0.6) is 0 Å². The first-order chi connectivity index (χ1) is 14.1. The second kappa shape index (κ2) is 8.16. The van der Waals surface area contributed by atoms with Gasteiger partial charge in [0.25, 0.3) is 12.9 Å². The highest BCUT2D eigenvalue weighted by Gasteiger charge is 2.28. The smallest absolute Gasteiger partial charge is 0.274 e. The lowest BCUT2D eigenvalue weighted by molar-refractivity contribution is 0.297. The van der Waals surface area contributed by atoms with E-state index in [2.05, 4.69) is 5.10 Å². The Labute approximate surface area is 169 Å². The molecular formula is C23H21N2O3P. The van der Waals surface area contributed by atoms with Crippen molar-refractivity contribution in [3.05, 3.63) is 101 Å². The summed E-state index contributed by atoms with van der Waals surface area (Å²) in [4.78, 5) is 12.8. The number of aryl methyl sites for hydroxylation is 1. The lowest BCUT2D eigenvalue weighted by Crippen LogP contribution is -2.27. The largest absolute Gasteiger partial charge is 0.320 e. The molecule has 1 heterocycles. The van der Waals surface area contributed by atoms with E-state index >= 15 is 0 Å². The summed E-state index contributed by atoms with van der Waals surface area (Å²) in [6.07, 6.45) is 0. The molecule has 0 atom stereocenters. The third kappa shape index (κ3) is 3.80. The quantitative estimate of drug-likeness (QED) is 0.460. The van der Waals surface area contributed by atoms with Crippen LogP contribution in [0.25, 0.3) is 10.8 Å². The van der Waals surface area contributed by atoms with Crippen LogP contribution in [0, 0.1) is 6.92 Å². The van der Waals surface area contributed by atoms with Crippen LogP contribution in [-0.4, -0.2) is 16.4 Å². The molecule has 4 rings (SSSR count). The second-order valence-electron chi connectivity index (χ2n) is 6.72. The summed E-state index contributed by atoms with van der Waals surface area (Å²) in [7, 11) is -3.28. The molecule has 29 heavy (non-hydrogen) atoms. The number of fused-ring (bicyclic) bond motifs is 1. The van der Waals surface area contributed by atoms with E-state index in [-0.39, 0.29) is 18.7 Å². The number of rotatable bonds is 6.